The highest BCUT2D eigenvalue weighted by Gasteiger charge is 2.15. The molecule has 0 aliphatic carbocycles. The molecule has 1 aliphatic rings. The maximum atomic E-state index is 6.05. The number of piperazine rings is 1. The molecule has 0 saturated carbocycles. The summed E-state index contributed by atoms with van der Waals surface area (Å²) in [5.74, 6) is 1.21. The molecule has 0 bridgehead atoms. The van der Waals surface area contributed by atoms with Gasteiger partial charge >= 0.3 is 0 Å². The molecule has 0 aromatic carbocycles. The zero-order valence-corrected chi connectivity index (χ0v) is 10.8. The Labute approximate surface area is 106 Å². The number of nitrogens with zero attached hydrogens (tertiary/aromatic N) is 4. The lowest BCUT2D eigenvalue weighted by Crippen LogP contribution is -2.47. The van der Waals surface area contributed by atoms with Crippen LogP contribution in [0.5, 0.6) is 0 Å². The van der Waals surface area contributed by atoms with Crippen molar-refractivity contribution in [3.05, 3.63) is 11.2 Å². The molecule has 2 rings (SSSR count). The summed E-state index contributed by atoms with van der Waals surface area (Å²) in [7, 11) is 3.90. The molecule has 7 heteroatoms. The summed E-state index contributed by atoms with van der Waals surface area (Å²) in [5.41, 5.74) is 3.23. The fourth-order valence-electron chi connectivity index (χ4n) is 1.63. The molecule has 6 nitrogen and oxygen atoms in total. The Bertz CT molecular complexity index is 377. The van der Waals surface area contributed by atoms with Crippen molar-refractivity contribution in [3.8, 4) is 0 Å². The van der Waals surface area contributed by atoms with Crippen LogP contribution in [-0.4, -0.2) is 60.2 Å². The molecule has 1 saturated heterocycles. The summed E-state index contributed by atoms with van der Waals surface area (Å²) in [6.07, 6.45) is 1.60. The third kappa shape index (κ3) is 3.18. The van der Waals surface area contributed by atoms with Gasteiger partial charge in [-0.2, -0.15) is 4.98 Å². The van der Waals surface area contributed by atoms with Crippen LogP contribution in [0.4, 0.5) is 11.8 Å². The molecule has 2 N–H and O–H groups in total. The predicted molar refractivity (Wildman–Crippen MR) is 69.3 cm³/mol. The van der Waals surface area contributed by atoms with Crippen molar-refractivity contribution in [1.29, 1.82) is 0 Å². The van der Waals surface area contributed by atoms with Gasteiger partial charge in [0.05, 0.1) is 6.20 Å². The van der Waals surface area contributed by atoms with Crippen LogP contribution in [0.1, 0.15) is 0 Å². The fraction of sp³-hybridized carbons (Fsp3) is 0.600. The molecular weight excluding hydrogens is 240 g/mol. The number of hydrogen-bond donors (Lipinski definition) is 2. The Morgan fingerprint density at radius 1 is 1.29 bits per heavy atom. The van der Waals surface area contributed by atoms with Crippen molar-refractivity contribution in [3.63, 3.8) is 0 Å². The molecule has 0 spiro atoms. The van der Waals surface area contributed by atoms with E-state index in [1.54, 1.807) is 13.2 Å². The molecule has 1 aromatic rings. The summed E-state index contributed by atoms with van der Waals surface area (Å²) in [4.78, 5) is 10.6. The van der Waals surface area contributed by atoms with Gasteiger partial charge in [0.25, 0.3) is 0 Å². The van der Waals surface area contributed by atoms with Gasteiger partial charge in [-0.15, -0.1) is 0 Å². The Morgan fingerprint density at radius 2 is 2.00 bits per heavy atom. The van der Waals surface area contributed by atoms with Gasteiger partial charge < -0.3 is 15.6 Å². The molecule has 2 heterocycles. The quantitative estimate of drug-likeness (QED) is 0.832. The van der Waals surface area contributed by atoms with Crippen LogP contribution in [0, 0.1) is 0 Å². The lowest BCUT2D eigenvalue weighted by molar-refractivity contribution is 0.178. The normalized spacial score (nSPS) is 18.1. The molecule has 0 unspecified atom stereocenters. The second kappa shape index (κ2) is 5.48. The van der Waals surface area contributed by atoms with Crippen LogP contribution < -0.4 is 10.7 Å². The molecule has 94 valence electrons. The number of hydrazine groups is 1. The summed E-state index contributed by atoms with van der Waals surface area (Å²) in [6.45, 7) is 3.97. The topological polar surface area (TPSA) is 56.3 Å². The lowest BCUT2D eigenvalue weighted by atomic mass is 10.4. The van der Waals surface area contributed by atoms with Crippen LogP contribution in [-0.2, 0) is 0 Å². The number of halogens is 1. The summed E-state index contributed by atoms with van der Waals surface area (Å²) < 4.78 is 0. The van der Waals surface area contributed by atoms with Crippen LogP contribution in [0.3, 0.4) is 0 Å². The highest BCUT2D eigenvalue weighted by molar-refractivity contribution is 6.32. The van der Waals surface area contributed by atoms with Crippen molar-refractivity contribution in [2.45, 2.75) is 0 Å². The number of rotatable bonds is 3. The molecule has 17 heavy (non-hydrogen) atoms. The molecule has 1 aliphatic heterocycles. The zero-order chi connectivity index (χ0) is 12.3. The largest absolute Gasteiger partial charge is 0.357 e. The SMILES string of the molecule is CNc1ncc(Cl)c(NN2CCN(C)CC2)n1. The zero-order valence-electron chi connectivity index (χ0n) is 10.1. The summed E-state index contributed by atoms with van der Waals surface area (Å²) in [5, 5.41) is 5.54. The first-order valence-electron chi connectivity index (χ1n) is 5.59. The van der Waals surface area contributed by atoms with Crippen LogP contribution in [0.25, 0.3) is 0 Å². The minimum absolute atomic E-state index is 0.530. The van der Waals surface area contributed by atoms with Gasteiger partial charge in [-0.1, -0.05) is 11.6 Å². The van der Waals surface area contributed by atoms with Crippen LogP contribution in [0.2, 0.25) is 5.02 Å². The number of nitrogens with one attached hydrogen (secondary N) is 2. The van der Waals surface area contributed by atoms with Gasteiger partial charge in [-0.05, 0) is 7.05 Å². The highest BCUT2D eigenvalue weighted by Crippen LogP contribution is 2.20. The van der Waals surface area contributed by atoms with E-state index in [9.17, 15) is 0 Å². The first-order chi connectivity index (χ1) is 8.19. The number of hydrogen-bond acceptors (Lipinski definition) is 6. The minimum atomic E-state index is 0.530. The van der Waals surface area contributed by atoms with E-state index in [2.05, 4.69) is 37.7 Å². The molecule has 0 radical (unpaired) electrons. The van der Waals surface area contributed by atoms with Gasteiger partial charge in [-0.25, -0.2) is 9.99 Å². The molecule has 1 fully saturated rings. The first-order valence-corrected chi connectivity index (χ1v) is 5.97. The van der Waals surface area contributed by atoms with E-state index in [0.29, 0.717) is 16.8 Å². The predicted octanol–water partition coefficient (Wildman–Crippen LogP) is 0.746. The monoisotopic (exact) mass is 256 g/mol. The fourth-order valence-corrected chi connectivity index (χ4v) is 1.77. The molecule has 1 aromatic heterocycles. The van der Waals surface area contributed by atoms with Gasteiger partial charge in [0.1, 0.15) is 5.02 Å². The third-order valence-electron chi connectivity index (χ3n) is 2.74. The maximum absolute atomic E-state index is 6.05. The second-order valence-corrected chi connectivity index (χ2v) is 4.45. The Kier molecular flexibility index (Phi) is 3.98. The Morgan fingerprint density at radius 3 is 2.65 bits per heavy atom. The average Bonchev–Trinajstić information content (AvgIpc) is 2.35. The van der Waals surface area contributed by atoms with Gasteiger partial charge in [-0.3, -0.25) is 0 Å². The second-order valence-electron chi connectivity index (χ2n) is 4.04. The van der Waals surface area contributed by atoms with E-state index < -0.39 is 0 Å². The number of likely N-dealkylation sites (N-methyl/N-ethyl adjacent to an activating group) is 1. The molecular formula is C10H17ClN6. The van der Waals surface area contributed by atoms with Crippen LogP contribution >= 0.6 is 11.6 Å². The highest BCUT2D eigenvalue weighted by atomic mass is 35.5. The summed E-state index contributed by atoms with van der Waals surface area (Å²) >= 11 is 6.05. The van der Waals surface area contributed by atoms with E-state index in [1.807, 2.05) is 0 Å². The van der Waals surface area contributed by atoms with E-state index in [0.717, 1.165) is 26.2 Å². The van der Waals surface area contributed by atoms with E-state index >= 15 is 0 Å². The van der Waals surface area contributed by atoms with Gasteiger partial charge in [0, 0.05) is 33.2 Å². The first kappa shape index (κ1) is 12.3. The van der Waals surface area contributed by atoms with E-state index in [4.69, 9.17) is 11.6 Å². The average molecular weight is 257 g/mol. The number of aromatic nitrogens is 2. The van der Waals surface area contributed by atoms with E-state index in [-0.39, 0.29) is 0 Å². The van der Waals surface area contributed by atoms with Gasteiger partial charge in [0.15, 0.2) is 5.82 Å². The number of anilines is 2. The minimum Gasteiger partial charge on any atom is -0.357 e. The third-order valence-corrected chi connectivity index (χ3v) is 3.01. The van der Waals surface area contributed by atoms with Crippen molar-refractivity contribution in [2.75, 3.05) is 51.0 Å². The van der Waals surface area contributed by atoms with Crippen molar-refractivity contribution in [2.24, 2.45) is 0 Å². The van der Waals surface area contributed by atoms with Crippen molar-refractivity contribution >= 4 is 23.4 Å². The van der Waals surface area contributed by atoms with Crippen molar-refractivity contribution in [1.82, 2.24) is 19.9 Å². The van der Waals surface area contributed by atoms with E-state index in [1.165, 1.54) is 0 Å². The maximum Gasteiger partial charge on any atom is 0.224 e. The smallest absolute Gasteiger partial charge is 0.224 e. The summed E-state index contributed by atoms with van der Waals surface area (Å²) in [6, 6.07) is 0. The standard InChI is InChI=1S/C10H17ClN6/c1-12-10-13-7-8(11)9(14-10)15-17-5-3-16(2)4-6-17/h7H,3-6H2,1-2H3,(H2,12,13,14,15). The van der Waals surface area contributed by atoms with Crippen molar-refractivity contribution < 1.29 is 0 Å². The molecule has 0 atom stereocenters. The molecule has 0 amide bonds. The van der Waals surface area contributed by atoms with Crippen LogP contribution in [0.15, 0.2) is 6.20 Å². The Balaban J connectivity index is 2.02. The lowest BCUT2D eigenvalue weighted by Gasteiger charge is -2.32. The van der Waals surface area contributed by atoms with Gasteiger partial charge in [0.2, 0.25) is 5.95 Å². The Hall–Kier alpha value is -1.11.